The van der Waals surface area contributed by atoms with Crippen LogP contribution in [0.4, 0.5) is 0 Å². The summed E-state index contributed by atoms with van der Waals surface area (Å²) in [7, 11) is 1.51. The molecule has 0 aromatic rings. The summed E-state index contributed by atoms with van der Waals surface area (Å²) in [5.41, 5.74) is 0.312. The Hall–Kier alpha value is -1.65. The molecule has 8 atom stereocenters. The Balaban J connectivity index is 1.60. The average Bonchev–Trinajstić information content (AvgIpc) is 2.81. The zero-order chi connectivity index (χ0) is 28.1. The van der Waals surface area contributed by atoms with Gasteiger partial charge in [-0.3, -0.25) is 14.4 Å². The van der Waals surface area contributed by atoms with Crippen molar-refractivity contribution >= 4 is 17.7 Å². The van der Waals surface area contributed by atoms with E-state index in [-0.39, 0.29) is 62.7 Å². The Labute approximate surface area is 229 Å². The first kappa shape index (κ1) is 27.9. The zero-order valence-corrected chi connectivity index (χ0v) is 25.3. The topological polar surface area (TPSA) is 69.7 Å². The molecule has 0 aliphatic heterocycles. The Kier molecular flexibility index (Phi) is 6.19. The van der Waals surface area contributed by atoms with Gasteiger partial charge in [0.15, 0.2) is 5.78 Å². The Morgan fingerprint density at radius 1 is 0.895 bits per heavy atom. The van der Waals surface area contributed by atoms with Gasteiger partial charge in [-0.05, 0) is 97.4 Å². The molecule has 0 aromatic carbocycles. The minimum Gasteiger partial charge on any atom is -0.469 e. The van der Waals surface area contributed by atoms with Gasteiger partial charge in [-0.25, -0.2) is 0 Å². The highest BCUT2D eigenvalue weighted by Gasteiger charge is 2.71. The van der Waals surface area contributed by atoms with Crippen LogP contribution in [-0.2, 0) is 23.9 Å². The molecule has 0 saturated heterocycles. The minimum absolute atomic E-state index is 0.0150. The lowest BCUT2D eigenvalue weighted by Gasteiger charge is -2.70. The van der Waals surface area contributed by atoms with Crippen molar-refractivity contribution in [2.75, 3.05) is 7.11 Å². The number of methoxy groups -OCH3 is 1. The van der Waals surface area contributed by atoms with Gasteiger partial charge >= 0.3 is 11.9 Å². The number of esters is 2. The first-order valence-corrected chi connectivity index (χ1v) is 15.0. The number of hydrogen-bond acceptors (Lipinski definition) is 5. The van der Waals surface area contributed by atoms with Crippen molar-refractivity contribution in [2.45, 2.75) is 119 Å². The predicted molar refractivity (Wildman–Crippen MR) is 147 cm³/mol. The van der Waals surface area contributed by atoms with E-state index in [1.54, 1.807) is 0 Å². The molecule has 0 spiro atoms. The summed E-state index contributed by atoms with van der Waals surface area (Å²) in [5.74, 6) is 0.120. The van der Waals surface area contributed by atoms with E-state index in [0.29, 0.717) is 5.92 Å². The number of hydrogen-bond donors (Lipinski definition) is 0. The molecule has 212 valence electrons. The molecular weight excluding hydrogens is 476 g/mol. The molecule has 5 aliphatic rings. The van der Waals surface area contributed by atoms with Gasteiger partial charge in [-0.1, -0.05) is 54.0 Å². The van der Waals surface area contributed by atoms with E-state index < -0.39 is 5.41 Å². The monoisotopic (exact) mass is 526 g/mol. The molecule has 5 heteroatoms. The van der Waals surface area contributed by atoms with E-state index >= 15 is 0 Å². The molecule has 0 aromatic heterocycles. The largest absolute Gasteiger partial charge is 0.469 e. The van der Waals surface area contributed by atoms with Crippen LogP contribution in [0.15, 0.2) is 11.6 Å². The van der Waals surface area contributed by atoms with Gasteiger partial charge in [0.2, 0.25) is 0 Å². The summed E-state index contributed by atoms with van der Waals surface area (Å²) in [5, 5.41) is 0. The SMILES string of the molecule is COC(=O)[C@]12CCC(C)(C)C[C@@H]1[C@H]1C(=O)C=C3[C@@]4(C)CC[C@H](OC(C)=O)C(C)(C)[C@H]4CC[C@@]3(C)[C@]1(C)CC2. The van der Waals surface area contributed by atoms with E-state index in [0.717, 1.165) is 57.8 Å². The molecule has 38 heavy (non-hydrogen) atoms. The third-order valence-corrected chi connectivity index (χ3v) is 13.2. The van der Waals surface area contributed by atoms with E-state index in [1.807, 2.05) is 0 Å². The molecule has 0 N–H and O–H groups in total. The Bertz CT molecular complexity index is 1080. The smallest absolute Gasteiger partial charge is 0.312 e. The number of fused-ring (bicyclic) bond motifs is 7. The van der Waals surface area contributed by atoms with Crippen molar-refractivity contribution in [3.8, 4) is 0 Å². The molecule has 0 heterocycles. The summed E-state index contributed by atoms with van der Waals surface area (Å²) in [6, 6.07) is 0. The lowest BCUT2D eigenvalue weighted by atomic mass is 9.34. The highest BCUT2D eigenvalue weighted by atomic mass is 16.5. The van der Waals surface area contributed by atoms with E-state index in [4.69, 9.17) is 9.47 Å². The van der Waals surface area contributed by atoms with Crippen molar-refractivity contribution in [3.63, 3.8) is 0 Å². The predicted octanol–water partition coefficient (Wildman–Crippen LogP) is 7.07. The Morgan fingerprint density at radius 3 is 2.18 bits per heavy atom. The number of carbonyl (C=O) groups is 3. The highest BCUT2D eigenvalue weighted by Crippen LogP contribution is 2.75. The maximum absolute atomic E-state index is 14.4. The van der Waals surface area contributed by atoms with Crippen LogP contribution in [0.3, 0.4) is 0 Å². The maximum Gasteiger partial charge on any atom is 0.312 e. The number of carbonyl (C=O) groups excluding carboxylic acids is 3. The van der Waals surface area contributed by atoms with Gasteiger partial charge in [-0.15, -0.1) is 0 Å². The van der Waals surface area contributed by atoms with Crippen molar-refractivity contribution in [3.05, 3.63) is 11.6 Å². The third-order valence-electron chi connectivity index (χ3n) is 13.2. The summed E-state index contributed by atoms with van der Waals surface area (Å²) >= 11 is 0. The number of ketones is 1. The molecule has 0 bridgehead atoms. The minimum atomic E-state index is -0.545. The fraction of sp³-hybridized carbons (Fsp3) is 0.848. The van der Waals surface area contributed by atoms with Gasteiger partial charge in [0.25, 0.3) is 0 Å². The molecule has 4 saturated carbocycles. The Morgan fingerprint density at radius 2 is 1.55 bits per heavy atom. The summed E-state index contributed by atoms with van der Waals surface area (Å²) in [6.07, 6.45) is 10.2. The fourth-order valence-corrected chi connectivity index (χ4v) is 11.0. The van der Waals surface area contributed by atoms with Crippen LogP contribution in [-0.4, -0.2) is 30.9 Å². The van der Waals surface area contributed by atoms with Crippen LogP contribution in [0, 0.1) is 50.2 Å². The fourth-order valence-electron chi connectivity index (χ4n) is 11.0. The first-order valence-electron chi connectivity index (χ1n) is 15.0. The van der Waals surface area contributed by atoms with Gasteiger partial charge in [-0.2, -0.15) is 0 Å². The number of ether oxygens (including phenoxy) is 2. The normalized spacial score (nSPS) is 46.9. The van der Waals surface area contributed by atoms with Gasteiger partial charge in [0.05, 0.1) is 12.5 Å². The number of allylic oxidation sites excluding steroid dienone is 2. The maximum atomic E-state index is 14.4. The molecule has 0 amide bonds. The average molecular weight is 527 g/mol. The standard InChI is InChI=1S/C33H50O5/c1-20(34)38-25-11-12-30(6)23(29(25,4)5)10-13-31(7)24(30)18-22(35)26-21-19-28(2,3)14-16-33(21,27(36)37-9)17-15-32(26,31)8/h18,21,23,25-26H,10-17,19H2,1-9H3/t21-,23-,25+,26+,30+,31-,32-,33+/m1/s1. The van der Waals surface area contributed by atoms with Crippen LogP contribution >= 0.6 is 0 Å². The molecule has 0 unspecified atom stereocenters. The lowest BCUT2D eigenvalue weighted by Crippen LogP contribution is -2.66. The second-order valence-corrected chi connectivity index (χ2v) is 15.8. The van der Waals surface area contributed by atoms with Gasteiger partial charge in [0, 0.05) is 18.3 Å². The van der Waals surface area contributed by atoms with Crippen molar-refractivity contribution in [1.29, 1.82) is 0 Å². The molecule has 4 fully saturated rings. The molecule has 5 nitrogen and oxygen atoms in total. The molecular formula is C33H50O5. The van der Waals surface area contributed by atoms with E-state index in [1.165, 1.54) is 19.6 Å². The summed E-state index contributed by atoms with van der Waals surface area (Å²) in [4.78, 5) is 39.8. The van der Waals surface area contributed by atoms with Crippen LogP contribution in [0.25, 0.3) is 0 Å². The second-order valence-electron chi connectivity index (χ2n) is 15.8. The van der Waals surface area contributed by atoms with Gasteiger partial charge < -0.3 is 9.47 Å². The molecule has 5 rings (SSSR count). The van der Waals surface area contributed by atoms with Crippen molar-refractivity contribution in [2.24, 2.45) is 50.2 Å². The summed E-state index contributed by atoms with van der Waals surface area (Å²) in [6.45, 7) is 17.8. The van der Waals surface area contributed by atoms with Crippen LogP contribution in [0.2, 0.25) is 0 Å². The quantitative estimate of drug-likeness (QED) is 0.360. The molecule has 0 radical (unpaired) electrons. The van der Waals surface area contributed by atoms with Crippen molar-refractivity contribution in [1.82, 2.24) is 0 Å². The second kappa shape index (κ2) is 8.43. The van der Waals surface area contributed by atoms with E-state index in [2.05, 4.69) is 54.5 Å². The first-order chi connectivity index (χ1) is 17.5. The van der Waals surface area contributed by atoms with Gasteiger partial charge in [0.1, 0.15) is 6.10 Å². The van der Waals surface area contributed by atoms with Crippen LogP contribution < -0.4 is 0 Å². The van der Waals surface area contributed by atoms with Crippen LogP contribution in [0.5, 0.6) is 0 Å². The third kappa shape index (κ3) is 3.51. The highest BCUT2D eigenvalue weighted by molar-refractivity contribution is 5.96. The lowest BCUT2D eigenvalue weighted by molar-refractivity contribution is -0.197. The summed E-state index contributed by atoms with van der Waals surface area (Å²) < 4.78 is 11.3. The molecule has 5 aliphatic carbocycles. The van der Waals surface area contributed by atoms with Crippen molar-refractivity contribution < 1.29 is 23.9 Å². The van der Waals surface area contributed by atoms with E-state index in [9.17, 15) is 14.4 Å². The number of rotatable bonds is 2. The van der Waals surface area contributed by atoms with Crippen LogP contribution in [0.1, 0.15) is 113 Å². The zero-order valence-electron chi connectivity index (χ0n) is 25.3.